The summed E-state index contributed by atoms with van der Waals surface area (Å²) < 4.78 is 0.315. The maximum atomic E-state index is 6.55. The molecule has 0 spiro atoms. The summed E-state index contributed by atoms with van der Waals surface area (Å²) in [5, 5.41) is 0. The van der Waals surface area contributed by atoms with Crippen LogP contribution in [0.1, 0.15) is 0 Å². The van der Waals surface area contributed by atoms with Gasteiger partial charge in [-0.2, -0.15) is 0 Å². The summed E-state index contributed by atoms with van der Waals surface area (Å²) in [6, 6.07) is 9.51. The fourth-order valence-electron chi connectivity index (χ4n) is 1.15. The van der Waals surface area contributed by atoms with Crippen LogP contribution < -0.4 is 4.46 Å². The molecule has 0 aromatic heterocycles. The minimum atomic E-state index is -3.01. The molecular weight excluding hydrogens is 376 g/mol. The SMILES string of the molecule is ClCC(CCl)(CCl)[Se](Cl)(Cl)c1ccccc1. The molecule has 6 heteroatoms. The fraction of sp³-hybridized carbons (Fsp3) is 0.400. The zero-order chi connectivity index (χ0) is 12.2. The van der Waals surface area contributed by atoms with E-state index in [0.717, 1.165) is 4.46 Å². The van der Waals surface area contributed by atoms with Crippen molar-refractivity contribution in [2.24, 2.45) is 0 Å². The molecule has 0 saturated heterocycles. The average Bonchev–Trinajstić information content (AvgIpc) is 2.33. The van der Waals surface area contributed by atoms with Crippen molar-refractivity contribution in [1.29, 1.82) is 0 Å². The van der Waals surface area contributed by atoms with Gasteiger partial charge >= 0.3 is 123 Å². The van der Waals surface area contributed by atoms with Crippen LogP contribution in [-0.2, 0) is 0 Å². The molecule has 0 amide bonds. The van der Waals surface area contributed by atoms with Gasteiger partial charge in [-0.05, 0) is 0 Å². The second-order valence-corrected chi connectivity index (χ2v) is 14.6. The van der Waals surface area contributed by atoms with E-state index < -0.39 is 15.3 Å². The second kappa shape index (κ2) is 6.38. The minimum absolute atomic E-state index is 0.266. The number of hydrogen-bond acceptors (Lipinski definition) is 0. The van der Waals surface area contributed by atoms with E-state index in [1.54, 1.807) is 0 Å². The van der Waals surface area contributed by atoms with Gasteiger partial charge in [0.15, 0.2) is 0 Å². The Hall–Kier alpha value is 1.19. The molecule has 0 aliphatic heterocycles. The zero-order valence-electron chi connectivity index (χ0n) is 8.31. The van der Waals surface area contributed by atoms with E-state index in [2.05, 4.69) is 0 Å². The summed E-state index contributed by atoms with van der Waals surface area (Å²) in [6.45, 7) is 0. The zero-order valence-corrected chi connectivity index (χ0v) is 13.8. The quantitative estimate of drug-likeness (QED) is 0.523. The Bertz CT molecular complexity index is 315. The first-order valence-electron chi connectivity index (χ1n) is 4.49. The van der Waals surface area contributed by atoms with Gasteiger partial charge in [-0.25, -0.2) is 0 Å². The molecule has 1 aromatic carbocycles. The van der Waals surface area contributed by atoms with E-state index in [1.165, 1.54) is 0 Å². The summed E-state index contributed by atoms with van der Waals surface area (Å²) in [4.78, 5) is 0. The summed E-state index contributed by atoms with van der Waals surface area (Å²) >= 11 is 14.9. The van der Waals surface area contributed by atoms with E-state index in [4.69, 9.17) is 55.0 Å². The summed E-state index contributed by atoms with van der Waals surface area (Å²) in [5.41, 5.74) is 0. The molecule has 0 heterocycles. The first-order chi connectivity index (χ1) is 7.54. The maximum absolute atomic E-state index is 6.55. The van der Waals surface area contributed by atoms with Crippen molar-refractivity contribution in [3.63, 3.8) is 0 Å². The van der Waals surface area contributed by atoms with Crippen LogP contribution in [0.25, 0.3) is 0 Å². The van der Waals surface area contributed by atoms with E-state index in [-0.39, 0.29) is 17.6 Å². The Balaban J connectivity index is 3.18. The van der Waals surface area contributed by atoms with E-state index in [9.17, 15) is 0 Å². The summed E-state index contributed by atoms with van der Waals surface area (Å²) in [7, 11) is 13.1. The molecule has 0 saturated carbocycles. The van der Waals surface area contributed by atoms with E-state index >= 15 is 0 Å². The molecule has 0 fully saturated rings. The van der Waals surface area contributed by atoms with Crippen LogP contribution in [0.15, 0.2) is 30.3 Å². The van der Waals surface area contributed by atoms with Crippen molar-refractivity contribution >= 4 is 70.5 Å². The predicted molar refractivity (Wildman–Crippen MR) is 78.4 cm³/mol. The molecule has 16 heavy (non-hydrogen) atoms. The van der Waals surface area contributed by atoms with Crippen molar-refractivity contribution < 1.29 is 0 Å². The van der Waals surface area contributed by atoms with Crippen LogP contribution in [-0.4, -0.2) is 28.7 Å². The van der Waals surface area contributed by atoms with Gasteiger partial charge in [0.1, 0.15) is 0 Å². The van der Waals surface area contributed by atoms with Crippen LogP contribution >= 0.6 is 55.0 Å². The van der Waals surface area contributed by atoms with E-state index in [1.807, 2.05) is 30.3 Å². The van der Waals surface area contributed by atoms with Crippen LogP contribution in [0.2, 0.25) is 4.31 Å². The van der Waals surface area contributed by atoms with Gasteiger partial charge in [-0.1, -0.05) is 0 Å². The first-order valence-corrected chi connectivity index (χ1v) is 12.3. The Morgan fingerprint density at radius 1 is 0.875 bits per heavy atom. The second-order valence-electron chi connectivity index (χ2n) is 3.37. The number of benzene rings is 1. The topological polar surface area (TPSA) is 0 Å². The molecule has 0 nitrogen and oxygen atoms in total. The fourth-order valence-corrected chi connectivity index (χ4v) is 12.0. The Morgan fingerprint density at radius 2 is 1.31 bits per heavy atom. The van der Waals surface area contributed by atoms with Crippen LogP contribution in [0.3, 0.4) is 0 Å². The standard InChI is InChI=1S/C10H11Cl5Se/c11-6-10(7-12,8-13)16(14,15)9-4-2-1-3-5-9/h1-5H,6-8H2. The molecule has 0 aliphatic rings. The average molecular weight is 387 g/mol. The third-order valence-corrected chi connectivity index (χ3v) is 15.2. The van der Waals surface area contributed by atoms with Crippen molar-refractivity contribution in [1.82, 2.24) is 0 Å². The molecule has 0 radical (unpaired) electrons. The molecule has 1 rings (SSSR count). The van der Waals surface area contributed by atoms with Gasteiger partial charge in [0.05, 0.1) is 0 Å². The van der Waals surface area contributed by atoms with Crippen LogP contribution in [0.4, 0.5) is 0 Å². The van der Waals surface area contributed by atoms with Crippen molar-refractivity contribution in [3.8, 4) is 0 Å². The third-order valence-electron chi connectivity index (χ3n) is 2.31. The Morgan fingerprint density at radius 3 is 1.69 bits per heavy atom. The third kappa shape index (κ3) is 2.78. The van der Waals surface area contributed by atoms with E-state index in [0.29, 0.717) is 0 Å². The first kappa shape index (κ1) is 15.2. The van der Waals surface area contributed by atoms with Gasteiger partial charge in [-0.15, -0.1) is 0 Å². The van der Waals surface area contributed by atoms with Gasteiger partial charge in [-0.3, -0.25) is 0 Å². The molecule has 0 bridgehead atoms. The number of halogens is 5. The molecule has 92 valence electrons. The molecule has 0 unspecified atom stereocenters. The predicted octanol–water partition coefficient (Wildman–Crippen LogP) is 4.27. The van der Waals surface area contributed by atoms with Crippen LogP contribution in [0, 0.1) is 0 Å². The van der Waals surface area contributed by atoms with Gasteiger partial charge in [0.2, 0.25) is 0 Å². The number of hydrogen-bond donors (Lipinski definition) is 0. The van der Waals surface area contributed by atoms with Gasteiger partial charge in [0.25, 0.3) is 0 Å². The van der Waals surface area contributed by atoms with Crippen molar-refractivity contribution in [2.45, 2.75) is 4.31 Å². The molecule has 0 aliphatic carbocycles. The Labute approximate surface area is 122 Å². The number of alkyl halides is 3. The molecule has 0 atom stereocenters. The Kier molecular flexibility index (Phi) is 6.08. The van der Waals surface area contributed by atoms with Crippen molar-refractivity contribution in [2.75, 3.05) is 17.6 Å². The summed E-state index contributed by atoms with van der Waals surface area (Å²) in [6.07, 6.45) is 0. The normalized spacial score (nSPS) is 13.8. The van der Waals surface area contributed by atoms with Gasteiger partial charge < -0.3 is 0 Å². The van der Waals surface area contributed by atoms with Crippen LogP contribution in [0.5, 0.6) is 0 Å². The molecular formula is C10H11Cl5Se. The van der Waals surface area contributed by atoms with Crippen molar-refractivity contribution in [3.05, 3.63) is 30.3 Å². The molecule has 1 aromatic rings. The monoisotopic (exact) mass is 386 g/mol. The molecule has 0 N–H and O–H groups in total. The van der Waals surface area contributed by atoms with Gasteiger partial charge in [0, 0.05) is 0 Å². The summed E-state index contributed by atoms with van der Waals surface area (Å²) in [5.74, 6) is 0.797. The number of rotatable bonds is 5.